The van der Waals surface area contributed by atoms with E-state index in [9.17, 15) is 4.79 Å². The molecular weight excluding hydrogens is 302 g/mol. The second-order valence-electron chi connectivity index (χ2n) is 4.01. The van der Waals surface area contributed by atoms with Crippen molar-refractivity contribution in [1.82, 2.24) is 15.1 Å². The van der Waals surface area contributed by atoms with E-state index in [2.05, 4.69) is 26.3 Å². The first-order chi connectivity index (χ1) is 8.22. The molecule has 0 radical (unpaired) electrons. The number of carbonyl (C=O) groups is 1. The molecule has 1 aromatic heterocycles. The fraction of sp³-hybridized carbons (Fsp3) is 0.636. The van der Waals surface area contributed by atoms with Gasteiger partial charge in [0.05, 0.1) is 10.7 Å². The van der Waals surface area contributed by atoms with Gasteiger partial charge in [0, 0.05) is 37.1 Å². The lowest BCUT2D eigenvalue weighted by Gasteiger charge is -2.22. The highest BCUT2D eigenvalue weighted by atomic mass is 79.9. The number of rotatable bonds is 4. The Balaban J connectivity index is 2.05. The van der Waals surface area contributed by atoms with Gasteiger partial charge in [-0.2, -0.15) is 16.9 Å². The number of aromatic nitrogens is 2. The van der Waals surface area contributed by atoms with Gasteiger partial charge < -0.3 is 5.32 Å². The maximum absolute atomic E-state index is 12.2. The predicted octanol–water partition coefficient (Wildman–Crippen LogP) is 1.94. The highest BCUT2D eigenvalue weighted by Crippen LogP contribution is 2.20. The third-order valence-electron chi connectivity index (χ3n) is 2.79. The Kier molecular flexibility index (Phi) is 4.64. The van der Waals surface area contributed by atoms with Crippen LogP contribution in [0.2, 0.25) is 0 Å². The van der Waals surface area contributed by atoms with E-state index in [4.69, 9.17) is 0 Å². The Bertz CT molecular complexity index is 401. The van der Waals surface area contributed by atoms with E-state index in [-0.39, 0.29) is 5.78 Å². The highest BCUT2D eigenvalue weighted by Gasteiger charge is 2.22. The zero-order chi connectivity index (χ0) is 12.3. The Morgan fingerprint density at radius 1 is 1.76 bits per heavy atom. The first kappa shape index (κ1) is 13.1. The molecule has 0 aromatic carbocycles. The second-order valence-corrected chi connectivity index (χ2v) is 6.01. The molecular formula is C11H16BrN3OS. The van der Waals surface area contributed by atoms with Gasteiger partial charge >= 0.3 is 0 Å². The minimum atomic E-state index is 0.163. The average molecular weight is 318 g/mol. The summed E-state index contributed by atoms with van der Waals surface area (Å²) in [6.45, 7) is 3.71. The molecule has 2 rings (SSSR count). The number of aryl methyl sites for hydroxylation is 1. The molecule has 1 N–H and O–H groups in total. The molecule has 0 aliphatic carbocycles. The quantitative estimate of drug-likeness (QED) is 0.862. The molecule has 1 atom stereocenters. The summed E-state index contributed by atoms with van der Waals surface area (Å²) < 4.78 is 2.55. The first-order valence-electron chi connectivity index (χ1n) is 5.78. The summed E-state index contributed by atoms with van der Waals surface area (Å²) in [5.74, 6) is 2.32. The number of hydrogen-bond acceptors (Lipinski definition) is 4. The van der Waals surface area contributed by atoms with Crippen LogP contribution < -0.4 is 5.32 Å². The van der Waals surface area contributed by atoms with Crippen LogP contribution in [0, 0.1) is 0 Å². The standard InChI is InChI=1S/C11H16BrN3OS/c1-2-15-11(9(12)6-14-15)10(16)5-8-7-17-4-3-13-8/h6,8,13H,2-5,7H2,1H3. The molecule has 1 aliphatic heterocycles. The molecule has 6 heteroatoms. The number of halogens is 1. The molecule has 0 bridgehead atoms. The van der Waals surface area contributed by atoms with Crippen LogP contribution in [-0.2, 0) is 6.54 Å². The fourth-order valence-corrected chi connectivity index (χ4v) is 3.42. The number of nitrogens with zero attached hydrogens (tertiary/aromatic N) is 2. The SMILES string of the molecule is CCn1ncc(Br)c1C(=O)CC1CSCCN1. The highest BCUT2D eigenvalue weighted by molar-refractivity contribution is 9.10. The van der Waals surface area contributed by atoms with Crippen molar-refractivity contribution in [3.8, 4) is 0 Å². The van der Waals surface area contributed by atoms with Gasteiger partial charge in [-0.15, -0.1) is 0 Å². The third kappa shape index (κ3) is 3.11. The molecule has 1 fully saturated rings. The molecule has 1 aliphatic rings. The van der Waals surface area contributed by atoms with Crippen LogP contribution in [0.4, 0.5) is 0 Å². The number of hydrogen-bond donors (Lipinski definition) is 1. The smallest absolute Gasteiger partial charge is 0.183 e. The number of thioether (sulfide) groups is 1. The minimum Gasteiger partial charge on any atom is -0.312 e. The monoisotopic (exact) mass is 317 g/mol. The van der Waals surface area contributed by atoms with Crippen LogP contribution in [0.5, 0.6) is 0 Å². The lowest BCUT2D eigenvalue weighted by Crippen LogP contribution is -2.39. The van der Waals surface area contributed by atoms with Crippen molar-refractivity contribution in [3.63, 3.8) is 0 Å². The molecule has 0 spiro atoms. The molecule has 4 nitrogen and oxygen atoms in total. The Labute approximate surface area is 114 Å². The van der Waals surface area contributed by atoms with Gasteiger partial charge in [-0.25, -0.2) is 0 Å². The van der Waals surface area contributed by atoms with Crippen molar-refractivity contribution < 1.29 is 4.79 Å². The van der Waals surface area contributed by atoms with Gasteiger partial charge in [-0.05, 0) is 22.9 Å². The zero-order valence-corrected chi connectivity index (χ0v) is 12.2. The molecule has 0 saturated carbocycles. The van der Waals surface area contributed by atoms with E-state index >= 15 is 0 Å². The topological polar surface area (TPSA) is 46.9 Å². The molecule has 1 unspecified atom stereocenters. The van der Waals surface area contributed by atoms with E-state index < -0.39 is 0 Å². The summed E-state index contributed by atoms with van der Waals surface area (Å²) in [6.07, 6.45) is 2.25. The third-order valence-corrected chi connectivity index (χ3v) is 4.50. The minimum absolute atomic E-state index is 0.163. The summed E-state index contributed by atoms with van der Waals surface area (Å²) in [5.41, 5.74) is 0.699. The molecule has 94 valence electrons. The van der Waals surface area contributed by atoms with E-state index in [1.807, 2.05) is 18.7 Å². The largest absolute Gasteiger partial charge is 0.312 e. The second kappa shape index (κ2) is 6.02. The van der Waals surface area contributed by atoms with Gasteiger partial charge in [0.2, 0.25) is 0 Å². The van der Waals surface area contributed by atoms with E-state index in [1.165, 1.54) is 0 Å². The Morgan fingerprint density at radius 2 is 2.59 bits per heavy atom. The van der Waals surface area contributed by atoms with Gasteiger partial charge in [-0.3, -0.25) is 9.48 Å². The maximum Gasteiger partial charge on any atom is 0.183 e. The zero-order valence-electron chi connectivity index (χ0n) is 9.78. The molecule has 2 heterocycles. The van der Waals surface area contributed by atoms with Crippen LogP contribution in [0.25, 0.3) is 0 Å². The van der Waals surface area contributed by atoms with Crippen LogP contribution >= 0.6 is 27.7 Å². The van der Waals surface area contributed by atoms with Crippen molar-refractivity contribution >= 4 is 33.5 Å². The van der Waals surface area contributed by atoms with Crippen LogP contribution in [-0.4, -0.2) is 39.7 Å². The summed E-state index contributed by atoms with van der Waals surface area (Å²) in [7, 11) is 0. The van der Waals surface area contributed by atoms with Crippen molar-refractivity contribution in [2.24, 2.45) is 0 Å². The van der Waals surface area contributed by atoms with Crippen molar-refractivity contribution in [2.75, 3.05) is 18.1 Å². The molecule has 1 saturated heterocycles. The van der Waals surface area contributed by atoms with Gasteiger partial charge in [-0.1, -0.05) is 0 Å². The summed E-state index contributed by atoms with van der Waals surface area (Å²) in [5, 5.41) is 7.55. The van der Waals surface area contributed by atoms with Crippen molar-refractivity contribution in [2.45, 2.75) is 25.9 Å². The lowest BCUT2D eigenvalue weighted by atomic mass is 10.1. The van der Waals surface area contributed by atoms with Gasteiger partial charge in [0.25, 0.3) is 0 Å². The summed E-state index contributed by atoms with van der Waals surface area (Å²) in [4.78, 5) is 12.2. The van der Waals surface area contributed by atoms with E-state index in [0.29, 0.717) is 18.2 Å². The van der Waals surface area contributed by atoms with Crippen LogP contribution in [0.3, 0.4) is 0 Å². The number of carbonyl (C=O) groups excluding carboxylic acids is 1. The van der Waals surface area contributed by atoms with Gasteiger partial charge in [0.1, 0.15) is 5.69 Å². The number of ketones is 1. The molecule has 1 aromatic rings. The Morgan fingerprint density at radius 3 is 3.24 bits per heavy atom. The van der Waals surface area contributed by atoms with Crippen LogP contribution in [0.1, 0.15) is 23.8 Å². The summed E-state index contributed by atoms with van der Waals surface area (Å²) >= 11 is 5.30. The molecule has 17 heavy (non-hydrogen) atoms. The lowest BCUT2D eigenvalue weighted by molar-refractivity contribution is 0.0961. The number of Topliss-reactive ketones (excluding diaryl/α,β-unsaturated/α-hetero) is 1. The summed E-state index contributed by atoms with van der Waals surface area (Å²) in [6, 6.07) is 0.299. The van der Waals surface area contributed by atoms with Gasteiger partial charge in [0.15, 0.2) is 5.78 Å². The Hall–Kier alpha value is -0.330. The normalized spacial score (nSPS) is 20.5. The van der Waals surface area contributed by atoms with E-state index in [1.54, 1.807) is 10.9 Å². The van der Waals surface area contributed by atoms with E-state index in [0.717, 1.165) is 29.1 Å². The predicted molar refractivity (Wildman–Crippen MR) is 73.7 cm³/mol. The maximum atomic E-state index is 12.2. The van der Waals surface area contributed by atoms with Crippen molar-refractivity contribution in [1.29, 1.82) is 0 Å². The van der Waals surface area contributed by atoms with Crippen LogP contribution in [0.15, 0.2) is 10.7 Å². The first-order valence-corrected chi connectivity index (χ1v) is 7.72. The average Bonchev–Trinajstić information content (AvgIpc) is 2.71. The molecule has 0 amide bonds. The number of nitrogens with one attached hydrogen (secondary N) is 1. The fourth-order valence-electron chi connectivity index (χ4n) is 1.95. The van der Waals surface area contributed by atoms with Crippen molar-refractivity contribution in [3.05, 3.63) is 16.4 Å².